The lowest BCUT2D eigenvalue weighted by atomic mass is 9.96. The zero-order valence-corrected chi connectivity index (χ0v) is 8.75. The Morgan fingerprint density at radius 2 is 2.07 bits per heavy atom. The van der Waals surface area contributed by atoms with E-state index in [0.717, 1.165) is 24.2 Å². The van der Waals surface area contributed by atoms with E-state index < -0.39 is 0 Å². The molecule has 0 saturated heterocycles. The molecular weight excluding hydrogens is 174 g/mol. The predicted molar refractivity (Wildman–Crippen MR) is 54.0 cm³/mol. The van der Waals surface area contributed by atoms with Gasteiger partial charge in [-0.2, -0.15) is 10.4 Å². The van der Waals surface area contributed by atoms with Crippen LogP contribution in [0.3, 0.4) is 0 Å². The third-order valence-corrected chi connectivity index (χ3v) is 2.78. The monoisotopic (exact) mass is 189 g/mol. The van der Waals surface area contributed by atoms with Crippen LogP contribution < -0.4 is 0 Å². The normalized spacial score (nSPS) is 15.3. The molecular formula is C11H15N3. The summed E-state index contributed by atoms with van der Waals surface area (Å²) in [6, 6.07) is 2.57. The Labute approximate surface area is 84.3 Å². The Balaban J connectivity index is 2.53. The standard InChI is InChI=1S/C11H15N3/c1-8(2)14-11(7-12)9-5-3-4-6-10(9)13-14/h8H,3-6H2,1-2H3. The lowest BCUT2D eigenvalue weighted by Crippen LogP contribution is -2.05. The molecule has 0 radical (unpaired) electrons. The largest absolute Gasteiger partial charge is 0.252 e. The first-order chi connectivity index (χ1) is 6.74. The van der Waals surface area contributed by atoms with Crippen LogP contribution in [-0.4, -0.2) is 9.78 Å². The molecule has 1 aliphatic rings. The Morgan fingerprint density at radius 1 is 1.36 bits per heavy atom. The maximum absolute atomic E-state index is 9.10. The van der Waals surface area contributed by atoms with Gasteiger partial charge in [0.15, 0.2) is 0 Å². The van der Waals surface area contributed by atoms with Crippen LogP contribution in [0.5, 0.6) is 0 Å². The van der Waals surface area contributed by atoms with Crippen molar-refractivity contribution in [2.24, 2.45) is 0 Å². The molecule has 0 amide bonds. The molecule has 0 fully saturated rings. The van der Waals surface area contributed by atoms with Gasteiger partial charge in [-0.1, -0.05) is 0 Å². The summed E-state index contributed by atoms with van der Waals surface area (Å²) in [5.74, 6) is 0. The van der Waals surface area contributed by atoms with Gasteiger partial charge in [0.25, 0.3) is 0 Å². The fourth-order valence-corrected chi connectivity index (χ4v) is 2.07. The van der Waals surface area contributed by atoms with E-state index in [1.807, 2.05) is 4.68 Å². The van der Waals surface area contributed by atoms with Gasteiger partial charge in [0, 0.05) is 11.6 Å². The maximum atomic E-state index is 9.10. The van der Waals surface area contributed by atoms with E-state index in [9.17, 15) is 0 Å². The molecule has 2 rings (SSSR count). The Bertz CT molecular complexity index is 382. The quantitative estimate of drug-likeness (QED) is 0.679. The van der Waals surface area contributed by atoms with E-state index in [4.69, 9.17) is 5.26 Å². The highest BCUT2D eigenvalue weighted by Gasteiger charge is 2.21. The number of fused-ring (bicyclic) bond motifs is 1. The molecule has 1 aromatic rings. The summed E-state index contributed by atoms with van der Waals surface area (Å²) in [6.07, 6.45) is 4.49. The number of nitriles is 1. The molecule has 3 nitrogen and oxygen atoms in total. The fourth-order valence-electron chi connectivity index (χ4n) is 2.07. The van der Waals surface area contributed by atoms with Gasteiger partial charge in [0.05, 0.1) is 5.69 Å². The number of aryl methyl sites for hydroxylation is 1. The van der Waals surface area contributed by atoms with Crippen molar-refractivity contribution >= 4 is 0 Å². The summed E-state index contributed by atoms with van der Waals surface area (Å²) < 4.78 is 1.87. The van der Waals surface area contributed by atoms with Crippen molar-refractivity contribution < 1.29 is 0 Å². The molecule has 1 aromatic heterocycles. The van der Waals surface area contributed by atoms with E-state index in [1.54, 1.807) is 0 Å². The van der Waals surface area contributed by atoms with Gasteiger partial charge in [-0.15, -0.1) is 0 Å². The predicted octanol–water partition coefficient (Wildman–Crippen LogP) is 2.21. The van der Waals surface area contributed by atoms with Gasteiger partial charge in [-0.25, -0.2) is 0 Å². The number of hydrogen-bond acceptors (Lipinski definition) is 2. The molecule has 1 aliphatic carbocycles. The molecule has 14 heavy (non-hydrogen) atoms. The van der Waals surface area contributed by atoms with Crippen LogP contribution in [0.15, 0.2) is 0 Å². The van der Waals surface area contributed by atoms with E-state index in [2.05, 4.69) is 25.0 Å². The number of aromatic nitrogens is 2. The van der Waals surface area contributed by atoms with Crippen LogP contribution >= 0.6 is 0 Å². The smallest absolute Gasteiger partial charge is 0.142 e. The molecule has 0 N–H and O–H groups in total. The topological polar surface area (TPSA) is 41.6 Å². The Hall–Kier alpha value is -1.30. The lowest BCUT2D eigenvalue weighted by molar-refractivity contribution is 0.520. The Kier molecular flexibility index (Phi) is 2.28. The van der Waals surface area contributed by atoms with Crippen molar-refractivity contribution in [2.75, 3.05) is 0 Å². The van der Waals surface area contributed by atoms with Crippen LogP contribution in [0, 0.1) is 11.3 Å². The first kappa shape index (κ1) is 9.26. The van der Waals surface area contributed by atoms with Crippen molar-refractivity contribution in [3.63, 3.8) is 0 Å². The molecule has 74 valence electrons. The summed E-state index contributed by atoms with van der Waals surface area (Å²) in [4.78, 5) is 0. The minimum Gasteiger partial charge on any atom is -0.252 e. The van der Waals surface area contributed by atoms with Gasteiger partial charge in [-0.3, -0.25) is 4.68 Å². The van der Waals surface area contributed by atoms with E-state index >= 15 is 0 Å². The van der Waals surface area contributed by atoms with Crippen molar-refractivity contribution in [1.82, 2.24) is 9.78 Å². The highest BCUT2D eigenvalue weighted by Crippen LogP contribution is 2.25. The van der Waals surface area contributed by atoms with E-state index in [1.165, 1.54) is 18.4 Å². The fraction of sp³-hybridized carbons (Fsp3) is 0.636. The zero-order valence-electron chi connectivity index (χ0n) is 8.75. The van der Waals surface area contributed by atoms with E-state index in [-0.39, 0.29) is 6.04 Å². The number of hydrogen-bond donors (Lipinski definition) is 0. The van der Waals surface area contributed by atoms with Gasteiger partial charge in [-0.05, 0) is 39.5 Å². The van der Waals surface area contributed by atoms with Gasteiger partial charge in [0.2, 0.25) is 0 Å². The Morgan fingerprint density at radius 3 is 2.71 bits per heavy atom. The van der Waals surface area contributed by atoms with Crippen LogP contribution in [0.4, 0.5) is 0 Å². The first-order valence-corrected chi connectivity index (χ1v) is 5.24. The lowest BCUT2D eigenvalue weighted by Gasteiger charge is -2.08. The maximum Gasteiger partial charge on any atom is 0.142 e. The molecule has 0 atom stereocenters. The summed E-state index contributed by atoms with van der Waals surface area (Å²) in [5, 5.41) is 13.6. The number of rotatable bonds is 1. The van der Waals surface area contributed by atoms with Crippen molar-refractivity contribution in [2.45, 2.75) is 45.6 Å². The zero-order chi connectivity index (χ0) is 10.1. The second kappa shape index (κ2) is 3.45. The summed E-state index contributed by atoms with van der Waals surface area (Å²) >= 11 is 0. The van der Waals surface area contributed by atoms with Crippen LogP contribution in [0.25, 0.3) is 0 Å². The van der Waals surface area contributed by atoms with Gasteiger partial charge in [0.1, 0.15) is 11.8 Å². The number of nitrogens with zero attached hydrogens (tertiary/aromatic N) is 3. The summed E-state index contributed by atoms with van der Waals surface area (Å²) in [5.41, 5.74) is 3.14. The summed E-state index contributed by atoms with van der Waals surface area (Å²) in [6.45, 7) is 4.14. The molecule has 0 aliphatic heterocycles. The summed E-state index contributed by atoms with van der Waals surface area (Å²) in [7, 11) is 0. The van der Waals surface area contributed by atoms with Crippen molar-refractivity contribution in [3.8, 4) is 6.07 Å². The van der Waals surface area contributed by atoms with Gasteiger partial charge < -0.3 is 0 Å². The highest BCUT2D eigenvalue weighted by atomic mass is 15.3. The molecule has 1 heterocycles. The molecule has 3 heteroatoms. The first-order valence-electron chi connectivity index (χ1n) is 5.24. The van der Waals surface area contributed by atoms with Crippen LogP contribution in [0.2, 0.25) is 0 Å². The minimum absolute atomic E-state index is 0.287. The molecule has 0 unspecified atom stereocenters. The molecule has 0 bridgehead atoms. The average molecular weight is 189 g/mol. The molecule has 0 spiro atoms. The molecule has 0 aromatic carbocycles. The third-order valence-electron chi connectivity index (χ3n) is 2.78. The van der Waals surface area contributed by atoms with Crippen LogP contribution in [-0.2, 0) is 12.8 Å². The second-order valence-corrected chi connectivity index (χ2v) is 4.13. The molecule has 0 saturated carbocycles. The van der Waals surface area contributed by atoms with Crippen molar-refractivity contribution in [3.05, 3.63) is 17.0 Å². The second-order valence-electron chi connectivity index (χ2n) is 4.13. The van der Waals surface area contributed by atoms with Crippen LogP contribution in [0.1, 0.15) is 49.7 Å². The SMILES string of the molecule is CC(C)n1nc2c(c1C#N)CCCC2. The van der Waals surface area contributed by atoms with Gasteiger partial charge >= 0.3 is 0 Å². The highest BCUT2D eigenvalue weighted by molar-refractivity contribution is 5.37. The average Bonchev–Trinajstić information content (AvgIpc) is 2.56. The third kappa shape index (κ3) is 1.31. The minimum atomic E-state index is 0.287. The van der Waals surface area contributed by atoms with E-state index in [0.29, 0.717) is 0 Å². The van der Waals surface area contributed by atoms with Crippen molar-refractivity contribution in [1.29, 1.82) is 5.26 Å².